The molecular formula is C23H32N4O2. The van der Waals surface area contributed by atoms with E-state index in [0.717, 1.165) is 55.5 Å². The third-order valence-corrected chi connectivity index (χ3v) is 5.37. The summed E-state index contributed by atoms with van der Waals surface area (Å²) in [7, 11) is 1.71. The predicted molar refractivity (Wildman–Crippen MR) is 115 cm³/mol. The van der Waals surface area contributed by atoms with E-state index in [0.29, 0.717) is 6.61 Å². The molecule has 0 bridgehead atoms. The fourth-order valence-corrected chi connectivity index (χ4v) is 3.75. The molecule has 156 valence electrons. The normalized spacial score (nSPS) is 14.6. The van der Waals surface area contributed by atoms with Crippen molar-refractivity contribution in [1.29, 1.82) is 0 Å². The van der Waals surface area contributed by atoms with Crippen LogP contribution in [0.5, 0.6) is 0 Å². The average Bonchev–Trinajstić information content (AvgIpc) is 2.69. The minimum atomic E-state index is 0.135. The van der Waals surface area contributed by atoms with E-state index < -0.39 is 0 Å². The van der Waals surface area contributed by atoms with Crippen LogP contribution in [0.3, 0.4) is 0 Å². The lowest BCUT2D eigenvalue weighted by atomic mass is 10.0. The molecule has 1 fully saturated rings. The van der Waals surface area contributed by atoms with Gasteiger partial charge < -0.3 is 14.5 Å². The lowest BCUT2D eigenvalue weighted by Crippen LogP contribution is -2.48. The van der Waals surface area contributed by atoms with Crippen molar-refractivity contribution in [2.75, 3.05) is 38.2 Å². The Kier molecular flexibility index (Phi) is 6.85. The average molecular weight is 397 g/mol. The second-order valence-electron chi connectivity index (χ2n) is 8.08. The number of benzene rings is 1. The van der Waals surface area contributed by atoms with Crippen LogP contribution in [0.15, 0.2) is 24.3 Å². The molecule has 0 unspecified atom stereocenters. The number of hydrogen-bond donors (Lipinski definition) is 0. The molecule has 2 aromatic rings. The molecule has 0 atom stereocenters. The zero-order valence-electron chi connectivity index (χ0n) is 18.2. The van der Waals surface area contributed by atoms with Gasteiger partial charge in [-0.15, -0.1) is 0 Å². The fraction of sp³-hybridized carbons (Fsp3) is 0.522. The Morgan fingerprint density at radius 2 is 1.90 bits per heavy atom. The summed E-state index contributed by atoms with van der Waals surface area (Å²) in [6.45, 7) is 11.4. The van der Waals surface area contributed by atoms with Crippen LogP contribution in [0.25, 0.3) is 0 Å². The molecule has 1 aliphatic rings. The van der Waals surface area contributed by atoms with Crippen LogP contribution in [0.4, 0.5) is 5.82 Å². The number of aryl methyl sites for hydroxylation is 1. The molecule has 0 radical (unpaired) electrons. The van der Waals surface area contributed by atoms with Gasteiger partial charge in [-0.25, -0.2) is 9.97 Å². The van der Waals surface area contributed by atoms with Crippen LogP contribution in [0, 0.1) is 6.92 Å². The van der Waals surface area contributed by atoms with E-state index in [4.69, 9.17) is 14.7 Å². The predicted octanol–water partition coefficient (Wildman–Crippen LogP) is 3.31. The standard InChI is InChI=1S/C23H32N4O2/c1-16(2)22-24-21(15-29-5)20(14-19-8-6-7-17(3)13-19)23(25-22)27-11-9-26(10-12-27)18(4)28/h6-8,13,16H,9-12,14-15H2,1-5H3. The van der Waals surface area contributed by atoms with Crippen LogP contribution in [0.1, 0.15) is 54.9 Å². The molecule has 3 rings (SSSR count). The number of aromatic nitrogens is 2. The molecule has 1 amide bonds. The van der Waals surface area contributed by atoms with Crippen molar-refractivity contribution in [2.45, 2.75) is 46.6 Å². The number of rotatable bonds is 6. The van der Waals surface area contributed by atoms with Crippen molar-refractivity contribution in [3.05, 3.63) is 52.5 Å². The topological polar surface area (TPSA) is 58.6 Å². The van der Waals surface area contributed by atoms with E-state index in [-0.39, 0.29) is 11.8 Å². The van der Waals surface area contributed by atoms with E-state index in [2.05, 4.69) is 49.9 Å². The lowest BCUT2D eigenvalue weighted by Gasteiger charge is -2.36. The maximum absolute atomic E-state index is 11.7. The fourth-order valence-electron chi connectivity index (χ4n) is 3.75. The van der Waals surface area contributed by atoms with Crippen LogP contribution >= 0.6 is 0 Å². The van der Waals surface area contributed by atoms with E-state index in [1.54, 1.807) is 14.0 Å². The van der Waals surface area contributed by atoms with E-state index >= 15 is 0 Å². The van der Waals surface area contributed by atoms with Crippen molar-refractivity contribution in [3.63, 3.8) is 0 Å². The third kappa shape index (κ3) is 5.12. The van der Waals surface area contributed by atoms with Crippen molar-refractivity contribution in [1.82, 2.24) is 14.9 Å². The first-order valence-corrected chi connectivity index (χ1v) is 10.3. The van der Waals surface area contributed by atoms with Gasteiger partial charge in [0.15, 0.2) is 0 Å². The Morgan fingerprint density at radius 1 is 1.17 bits per heavy atom. The molecule has 0 spiro atoms. The Balaban J connectivity index is 2.02. The first-order valence-electron chi connectivity index (χ1n) is 10.3. The first-order chi connectivity index (χ1) is 13.9. The second-order valence-corrected chi connectivity index (χ2v) is 8.08. The Bertz CT molecular complexity index is 858. The van der Waals surface area contributed by atoms with Crippen molar-refractivity contribution in [3.8, 4) is 0 Å². The summed E-state index contributed by atoms with van der Waals surface area (Å²) in [6, 6.07) is 8.57. The van der Waals surface area contributed by atoms with Crippen molar-refractivity contribution < 1.29 is 9.53 Å². The lowest BCUT2D eigenvalue weighted by molar-refractivity contribution is -0.129. The highest BCUT2D eigenvalue weighted by atomic mass is 16.5. The zero-order chi connectivity index (χ0) is 21.0. The van der Waals surface area contributed by atoms with E-state index in [9.17, 15) is 4.79 Å². The molecule has 1 aliphatic heterocycles. The van der Waals surface area contributed by atoms with Gasteiger partial charge in [0.25, 0.3) is 0 Å². The number of amides is 1. The van der Waals surface area contributed by atoms with Gasteiger partial charge in [0, 0.05) is 58.1 Å². The third-order valence-electron chi connectivity index (χ3n) is 5.37. The Labute approximate surface area is 173 Å². The number of hydrogen-bond acceptors (Lipinski definition) is 5. The number of methoxy groups -OCH3 is 1. The van der Waals surface area contributed by atoms with Crippen molar-refractivity contribution >= 4 is 11.7 Å². The summed E-state index contributed by atoms with van der Waals surface area (Å²) in [6.07, 6.45) is 0.765. The van der Waals surface area contributed by atoms with Gasteiger partial charge in [-0.3, -0.25) is 4.79 Å². The number of anilines is 1. The largest absolute Gasteiger partial charge is 0.378 e. The van der Waals surface area contributed by atoms with Crippen LogP contribution in [-0.2, 0) is 22.6 Å². The zero-order valence-corrected chi connectivity index (χ0v) is 18.2. The molecule has 0 N–H and O–H groups in total. The van der Waals surface area contributed by atoms with Gasteiger partial charge in [0.2, 0.25) is 5.91 Å². The van der Waals surface area contributed by atoms with Crippen LogP contribution in [0.2, 0.25) is 0 Å². The molecule has 2 heterocycles. The molecule has 29 heavy (non-hydrogen) atoms. The number of nitrogens with zero attached hydrogens (tertiary/aromatic N) is 4. The maximum Gasteiger partial charge on any atom is 0.219 e. The van der Waals surface area contributed by atoms with Crippen LogP contribution < -0.4 is 4.90 Å². The quantitative estimate of drug-likeness (QED) is 0.750. The summed E-state index contributed by atoms with van der Waals surface area (Å²) in [5.41, 5.74) is 4.56. The first kappa shape index (κ1) is 21.2. The minimum Gasteiger partial charge on any atom is -0.378 e. The van der Waals surface area contributed by atoms with E-state index in [1.807, 2.05) is 4.90 Å². The number of carbonyl (C=O) groups excluding carboxylic acids is 1. The smallest absolute Gasteiger partial charge is 0.219 e. The summed E-state index contributed by atoms with van der Waals surface area (Å²) in [5.74, 6) is 2.20. The summed E-state index contributed by atoms with van der Waals surface area (Å²) in [5, 5.41) is 0. The molecular weight excluding hydrogens is 364 g/mol. The van der Waals surface area contributed by atoms with Crippen LogP contribution in [-0.4, -0.2) is 54.1 Å². The molecule has 6 nitrogen and oxygen atoms in total. The SMILES string of the molecule is COCc1nc(C(C)C)nc(N2CCN(C(C)=O)CC2)c1Cc1cccc(C)c1. The van der Waals surface area contributed by atoms with Gasteiger partial charge in [-0.1, -0.05) is 43.7 Å². The van der Waals surface area contributed by atoms with E-state index in [1.165, 1.54) is 11.1 Å². The van der Waals surface area contributed by atoms with Gasteiger partial charge in [-0.05, 0) is 12.5 Å². The highest BCUT2D eigenvalue weighted by molar-refractivity contribution is 5.73. The summed E-state index contributed by atoms with van der Waals surface area (Å²) >= 11 is 0. The Morgan fingerprint density at radius 3 is 2.48 bits per heavy atom. The minimum absolute atomic E-state index is 0.135. The van der Waals surface area contributed by atoms with Gasteiger partial charge in [0.05, 0.1) is 12.3 Å². The summed E-state index contributed by atoms with van der Waals surface area (Å²) < 4.78 is 5.49. The molecule has 1 saturated heterocycles. The monoisotopic (exact) mass is 396 g/mol. The Hall–Kier alpha value is -2.47. The van der Waals surface area contributed by atoms with Gasteiger partial charge in [0.1, 0.15) is 11.6 Å². The highest BCUT2D eigenvalue weighted by Gasteiger charge is 2.25. The molecule has 1 aromatic heterocycles. The second kappa shape index (κ2) is 9.35. The molecule has 0 saturated carbocycles. The number of ether oxygens (including phenoxy) is 1. The number of piperazine rings is 1. The maximum atomic E-state index is 11.7. The van der Waals surface area contributed by atoms with Gasteiger partial charge in [-0.2, -0.15) is 0 Å². The number of carbonyl (C=O) groups is 1. The van der Waals surface area contributed by atoms with Gasteiger partial charge >= 0.3 is 0 Å². The molecule has 0 aliphatic carbocycles. The molecule has 1 aromatic carbocycles. The van der Waals surface area contributed by atoms with Crippen molar-refractivity contribution in [2.24, 2.45) is 0 Å². The highest BCUT2D eigenvalue weighted by Crippen LogP contribution is 2.28. The summed E-state index contributed by atoms with van der Waals surface area (Å²) in [4.78, 5) is 25.8. The molecule has 6 heteroatoms.